The molecule has 0 heterocycles. The van der Waals surface area contributed by atoms with Crippen molar-refractivity contribution in [2.45, 2.75) is 29.6 Å². The summed E-state index contributed by atoms with van der Waals surface area (Å²) in [5.74, 6) is -6.29. The van der Waals surface area contributed by atoms with E-state index in [1.165, 1.54) is 0 Å². The van der Waals surface area contributed by atoms with Crippen LogP contribution in [0.25, 0.3) is 0 Å². The van der Waals surface area contributed by atoms with Crippen molar-refractivity contribution >= 4 is 28.6 Å². The Morgan fingerprint density at radius 2 is 1.57 bits per heavy atom. The van der Waals surface area contributed by atoms with Crippen LogP contribution in [0, 0.1) is 0 Å². The number of hydrogen-bond donors (Lipinski definition) is 0. The maximum absolute atomic E-state index is 12.7. The van der Waals surface area contributed by atoms with Crippen LogP contribution in [0.5, 0.6) is 0 Å². The summed E-state index contributed by atoms with van der Waals surface area (Å²) in [5.41, 5.74) is 0. The Balaban J connectivity index is 4.97. The zero-order chi connectivity index (χ0) is 11.8. The summed E-state index contributed by atoms with van der Waals surface area (Å²) in [6, 6.07) is 0. The number of rotatable bonds is 2. The summed E-state index contributed by atoms with van der Waals surface area (Å²) in [4.78, 5) is 10.3. The van der Waals surface area contributed by atoms with E-state index < -0.39 is 21.7 Å². The molecule has 0 aliphatic carbocycles. The molecule has 0 aromatic carbocycles. The Morgan fingerprint density at radius 1 is 1.21 bits per heavy atom. The minimum Gasteiger partial charge on any atom is -0.442 e. The second-order valence-electron chi connectivity index (χ2n) is 2.58. The quantitative estimate of drug-likeness (QED) is 0.336. The summed E-state index contributed by atoms with van der Waals surface area (Å²) < 4.78 is 61.8. The lowest BCUT2D eigenvalue weighted by molar-refractivity contribution is -0.315. The van der Waals surface area contributed by atoms with Crippen LogP contribution in [0.3, 0.4) is 0 Å². The van der Waals surface area contributed by atoms with E-state index in [1.54, 1.807) is 0 Å². The van der Waals surface area contributed by atoms with Gasteiger partial charge in [0.2, 0.25) is 3.61 Å². The van der Waals surface area contributed by atoms with Crippen LogP contribution in [-0.4, -0.2) is 21.7 Å². The molecule has 0 rings (SSSR count). The third-order valence-corrected chi connectivity index (χ3v) is 2.15. The number of alkyl halides is 6. The van der Waals surface area contributed by atoms with E-state index >= 15 is 0 Å². The third-order valence-electron chi connectivity index (χ3n) is 1.25. The third kappa shape index (κ3) is 2.67. The van der Waals surface area contributed by atoms with Crippen molar-refractivity contribution in [1.82, 2.24) is 0 Å². The molecule has 0 aromatic rings. The molecule has 14 heavy (non-hydrogen) atoms. The summed E-state index contributed by atoms with van der Waals surface area (Å²) in [5, 5.41) is 0. The van der Waals surface area contributed by atoms with Gasteiger partial charge in [0.1, 0.15) is 0 Å². The molecule has 8 heteroatoms. The number of halogens is 6. The molecule has 0 amide bonds. The largest absolute Gasteiger partial charge is 0.458 e. The molecule has 1 atom stereocenters. The lowest BCUT2D eigenvalue weighted by Gasteiger charge is -2.32. The molecular formula is C6H6F5IO2. The first-order valence-electron chi connectivity index (χ1n) is 3.25. The van der Waals surface area contributed by atoms with Crippen molar-refractivity contribution in [2.75, 3.05) is 0 Å². The van der Waals surface area contributed by atoms with Gasteiger partial charge in [-0.15, -0.1) is 0 Å². The van der Waals surface area contributed by atoms with Gasteiger partial charge in [-0.05, 0) is 29.5 Å². The second-order valence-corrected chi connectivity index (χ2v) is 4.64. The van der Waals surface area contributed by atoms with E-state index in [4.69, 9.17) is 0 Å². The summed E-state index contributed by atoms with van der Waals surface area (Å²) in [6.45, 7) is 1.24. The zero-order valence-electron chi connectivity index (χ0n) is 7.08. The fraction of sp³-hybridized carbons (Fsp3) is 0.833. The average Bonchev–Trinajstić information content (AvgIpc) is 1.80. The van der Waals surface area contributed by atoms with Gasteiger partial charge in [-0.1, -0.05) is 0 Å². The number of hydrogen-bond acceptors (Lipinski definition) is 2. The average molecular weight is 332 g/mol. The monoisotopic (exact) mass is 332 g/mol. The highest BCUT2D eigenvalue weighted by Gasteiger charge is 2.69. The van der Waals surface area contributed by atoms with Gasteiger partial charge in [0.25, 0.3) is 0 Å². The minimum absolute atomic E-state index is 0.489. The molecule has 0 aromatic heterocycles. The molecule has 0 spiro atoms. The fourth-order valence-electron chi connectivity index (χ4n) is 0.587. The first kappa shape index (κ1) is 13.8. The van der Waals surface area contributed by atoms with Crippen molar-refractivity contribution in [3.8, 4) is 0 Å². The molecule has 2 nitrogen and oxygen atoms in total. The second kappa shape index (κ2) is 3.78. The van der Waals surface area contributed by atoms with E-state index in [-0.39, 0.29) is 0 Å². The lowest BCUT2D eigenvalue weighted by atomic mass is 10.2. The van der Waals surface area contributed by atoms with E-state index in [9.17, 15) is 26.7 Å². The highest BCUT2D eigenvalue weighted by molar-refractivity contribution is 14.1. The summed E-state index contributed by atoms with van der Waals surface area (Å²) in [7, 11) is 0. The standard InChI is InChI=1S/C6H6F5IO2/c1-3(13)14-4(2,12)5(7,8)6(9,10)11/h1-2H3. The molecule has 84 valence electrons. The lowest BCUT2D eigenvalue weighted by Crippen LogP contribution is -2.53. The maximum atomic E-state index is 12.7. The Hall–Kier alpha value is -0.150. The summed E-state index contributed by atoms with van der Waals surface area (Å²) >= 11 is 0.746. The number of esters is 1. The minimum atomic E-state index is -5.75. The van der Waals surface area contributed by atoms with Crippen LogP contribution >= 0.6 is 22.6 Å². The molecule has 0 fully saturated rings. The first-order chi connectivity index (χ1) is 5.92. The summed E-state index contributed by atoms with van der Waals surface area (Å²) in [6.07, 6.45) is -5.75. The van der Waals surface area contributed by atoms with Gasteiger partial charge in [0.15, 0.2) is 0 Å². The Morgan fingerprint density at radius 3 is 1.79 bits per heavy atom. The van der Waals surface area contributed by atoms with E-state index in [0.717, 1.165) is 29.5 Å². The molecule has 0 bridgehead atoms. The molecular weight excluding hydrogens is 326 g/mol. The van der Waals surface area contributed by atoms with E-state index in [1.807, 2.05) is 0 Å². The normalized spacial score (nSPS) is 17.4. The molecule has 0 saturated heterocycles. The Kier molecular flexibility index (Phi) is 3.74. The number of carbonyl (C=O) groups is 1. The van der Waals surface area contributed by atoms with Crippen LogP contribution in [-0.2, 0) is 9.53 Å². The van der Waals surface area contributed by atoms with E-state index in [2.05, 4.69) is 4.74 Å². The topological polar surface area (TPSA) is 26.3 Å². The molecule has 1 unspecified atom stereocenters. The van der Waals surface area contributed by atoms with Crippen molar-refractivity contribution in [3.05, 3.63) is 0 Å². The SMILES string of the molecule is CC(=O)OC(C)(I)C(F)(F)C(F)(F)F. The van der Waals surface area contributed by atoms with Gasteiger partial charge >= 0.3 is 18.1 Å². The maximum Gasteiger partial charge on any atom is 0.458 e. The predicted octanol–water partition coefficient (Wildman–Crippen LogP) is 2.90. The zero-order valence-corrected chi connectivity index (χ0v) is 9.24. The number of carbonyl (C=O) groups excluding carboxylic acids is 1. The van der Waals surface area contributed by atoms with Crippen LogP contribution in [0.4, 0.5) is 22.0 Å². The first-order valence-corrected chi connectivity index (χ1v) is 4.33. The van der Waals surface area contributed by atoms with Crippen LogP contribution in [0.2, 0.25) is 0 Å². The highest BCUT2D eigenvalue weighted by Crippen LogP contribution is 2.48. The predicted molar refractivity (Wildman–Crippen MR) is 45.2 cm³/mol. The van der Waals surface area contributed by atoms with Crippen molar-refractivity contribution in [1.29, 1.82) is 0 Å². The molecule has 0 aliphatic heterocycles. The van der Waals surface area contributed by atoms with Crippen LogP contribution in [0.1, 0.15) is 13.8 Å². The van der Waals surface area contributed by atoms with Gasteiger partial charge in [0.05, 0.1) is 0 Å². The van der Waals surface area contributed by atoms with Crippen molar-refractivity contribution < 1.29 is 31.5 Å². The van der Waals surface area contributed by atoms with Gasteiger partial charge in [-0.3, -0.25) is 4.79 Å². The van der Waals surface area contributed by atoms with E-state index in [0.29, 0.717) is 6.92 Å². The van der Waals surface area contributed by atoms with Gasteiger partial charge in [-0.2, -0.15) is 22.0 Å². The van der Waals surface area contributed by atoms with Crippen molar-refractivity contribution in [3.63, 3.8) is 0 Å². The molecule has 0 N–H and O–H groups in total. The Bertz CT molecular complexity index is 235. The Labute approximate surface area is 89.9 Å². The molecule has 0 aliphatic rings. The van der Waals surface area contributed by atoms with Crippen LogP contribution < -0.4 is 0 Å². The van der Waals surface area contributed by atoms with Crippen LogP contribution in [0.15, 0.2) is 0 Å². The van der Waals surface area contributed by atoms with Gasteiger partial charge < -0.3 is 4.74 Å². The van der Waals surface area contributed by atoms with Crippen molar-refractivity contribution in [2.24, 2.45) is 0 Å². The van der Waals surface area contributed by atoms with Gasteiger partial charge in [-0.25, -0.2) is 0 Å². The highest BCUT2D eigenvalue weighted by atomic mass is 127. The smallest absolute Gasteiger partial charge is 0.442 e. The molecule has 0 radical (unpaired) electrons. The number of ether oxygens (including phenoxy) is 1. The molecule has 0 saturated carbocycles. The fourth-order valence-corrected chi connectivity index (χ4v) is 1.20. The van der Waals surface area contributed by atoms with Gasteiger partial charge in [0, 0.05) is 6.92 Å².